The van der Waals surface area contributed by atoms with Crippen molar-refractivity contribution in [2.24, 2.45) is 0 Å². The third-order valence-electron chi connectivity index (χ3n) is 1.69. The lowest BCUT2D eigenvalue weighted by Crippen LogP contribution is -2.03. The van der Waals surface area contributed by atoms with Crippen molar-refractivity contribution in [1.82, 2.24) is 0 Å². The van der Waals surface area contributed by atoms with E-state index in [0.29, 0.717) is 0 Å². The molecule has 0 amide bonds. The van der Waals surface area contributed by atoms with Crippen molar-refractivity contribution in [2.45, 2.75) is 6.92 Å². The molecule has 0 saturated carbocycles. The highest BCUT2D eigenvalue weighted by Crippen LogP contribution is 2.20. The van der Waals surface area contributed by atoms with Gasteiger partial charge in [0.25, 0.3) is 0 Å². The molecule has 0 aliphatic rings. The van der Waals surface area contributed by atoms with E-state index in [2.05, 4.69) is 0 Å². The maximum absolute atomic E-state index is 12.9. The molecule has 1 aromatic rings. The molecule has 4 heteroatoms. The number of benzene rings is 1. The minimum atomic E-state index is -0.704. The second kappa shape index (κ2) is 3.23. The summed E-state index contributed by atoms with van der Waals surface area (Å²) in [7, 11) is 0. The predicted octanol–water partition coefficient (Wildman–Crippen LogP) is 1.48. The van der Waals surface area contributed by atoms with Crippen LogP contribution in [0.2, 0.25) is 0 Å². The summed E-state index contributed by atoms with van der Waals surface area (Å²) in [6.45, 7) is 1.31. The first-order valence-corrected chi connectivity index (χ1v) is 3.57. The molecule has 0 unspecified atom stereocenters. The van der Waals surface area contributed by atoms with E-state index in [1.54, 1.807) is 6.07 Å². The molecule has 2 N–H and O–H groups in total. The fourth-order valence-electron chi connectivity index (χ4n) is 1.01. The number of halogens is 1. The highest BCUT2D eigenvalue weighted by Gasteiger charge is 2.12. The van der Waals surface area contributed by atoms with Crippen LogP contribution < -0.4 is 5.73 Å². The lowest BCUT2D eigenvalue weighted by Gasteiger charge is -2.03. The number of carbonyl (C=O) groups is 1. The van der Waals surface area contributed by atoms with Crippen LogP contribution in [0, 0.1) is 17.1 Å². The van der Waals surface area contributed by atoms with Gasteiger partial charge in [0.15, 0.2) is 5.78 Å². The zero-order valence-electron chi connectivity index (χ0n) is 6.97. The fraction of sp³-hybridized carbons (Fsp3) is 0.111. The van der Waals surface area contributed by atoms with Gasteiger partial charge in [0.2, 0.25) is 0 Å². The molecule has 1 aromatic carbocycles. The Hall–Kier alpha value is -1.89. The first-order chi connectivity index (χ1) is 6.07. The fourth-order valence-corrected chi connectivity index (χ4v) is 1.01. The van der Waals surface area contributed by atoms with Crippen molar-refractivity contribution in [3.8, 4) is 6.07 Å². The van der Waals surface area contributed by atoms with Crippen LogP contribution >= 0.6 is 0 Å². The summed E-state index contributed by atoms with van der Waals surface area (Å²) in [6, 6.07) is 3.94. The van der Waals surface area contributed by atoms with Gasteiger partial charge in [-0.2, -0.15) is 5.26 Å². The Balaban J connectivity index is 3.47. The summed E-state index contributed by atoms with van der Waals surface area (Å²) >= 11 is 0. The monoisotopic (exact) mass is 178 g/mol. The van der Waals surface area contributed by atoms with Crippen molar-refractivity contribution in [3.05, 3.63) is 29.1 Å². The number of rotatable bonds is 1. The van der Waals surface area contributed by atoms with Gasteiger partial charge in [0.05, 0.1) is 5.69 Å². The standard InChI is InChI=1S/C9H7FN2O/c1-5(13)6-2-3-8(10)7(4-11)9(6)12/h2-3H,12H2,1H3. The third-order valence-corrected chi connectivity index (χ3v) is 1.69. The quantitative estimate of drug-likeness (QED) is 0.523. The first-order valence-electron chi connectivity index (χ1n) is 3.57. The lowest BCUT2D eigenvalue weighted by molar-refractivity contribution is 0.101. The smallest absolute Gasteiger partial charge is 0.161 e. The van der Waals surface area contributed by atoms with E-state index in [4.69, 9.17) is 11.0 Å². The number of ketones is 1. The number of hydrogen-bond donors (Lipinski definition) is 1. The van der Waals surface area contributed by atoms with Gasteiger partial charge in [-0.05, 0) is 19.1 Å². The van der Waals surface area contributed by atoms with E-state index < -0.39 is 5.82 Å². The Bertz CT molecular complexity index is 407. The van der Waals surface area contributed by atoms with Crippen molar-refractivity contribution in [2.75, 3.05) is 5.73 Å². The highest BCUT2D eigenvalue weighted by atomic mass is 19.1. The summed E-state index contributed by atoms with van der Waals surface area (Å²) in [5, 5.41) is 8.52. The second-order valence-electron chi connectivity index (χ2n) is 2.55. The lowest BCUT2D eigenvalue weighted by atomic mass is 10.0. The van der Waals surface area contributed by atoms with Crippen LogP contribution in [0.4, 0.5) is 10.1 Å². The van der Waals surface area contributed by atoms with Crippen molar-refractivity contribution >= 4 is 11.5 Å². The summed E-state index contributed by atoms with van der Waals surface area (Å²) in [6.07, 6.45) is 0. The maximum Gasteiger partial charge on any atom is 0.161 e. The molecular weight excluding hydrogens is 171 g/mol. The van der Waals surface area contributed by atoms with Gasteiger partial charge in [0, 0.05) is 5.56 Å². The largest absolute Gasteiger partial charge is 0.397 e. The first kappa shape index (κ1) is 9.20. The Morgan fingerprint density at radius 2 is 2.23 bits per heavy atom. The van der Waals surface area contributed by atoms with Crippen LogP contribution in [0.5, 0.6) is 0 Å². The molecule has 0 saturated heterocycles. The van der Waals surface area contributed by atoms with Crippen LogP contribution in [0.3, 0.4) is 0 Å². The second-order valence-corrected chi connectivity index (χ2v) is 2.55. The number of anilines is 1. The maximum atomic E-state index is 12.9. The number of nitrogens with zero attached hydrogens (tertiary/aromatic N) is 1. The molecule has 0 radical (unpaired) electrons. The van der Waals surface area contributed by atoms with Gasteiger partial charge in [-0.25, -0.2) is 4.39 Å². The van der Waals surface area contributed by atoms with Crippen LogP contribution in [0.25, 0.3) is 0 Å². The number of nitrogens with two attached hydrogens (primary N) is 1. The van der Waals surface area contributed by atoms with Crippen molar-refractivity contribution in [3.63, 3.8) is 0 Å². The summed E-state index contributed by atoms with van der Waals surface area (Å²) in [5.41, 5.74) is 5.23. The van der Waals surface area contributed by atoms with Crippen LogP contribution in [0.1, 0.15) is 22.8 Å². The molecule has 0 spiro atoms. The third kappa shape index (κ3) is 1.49. The molecule has 1 rings (SSSR count). The molecule has 0 aliphatic heterocycles. The van der Waals surface area contributed by atoms with Gasteiger partial charge < -0.3 is 5.73 Å². The zero-order valence-corrected chi connectivity index (χ0v) is 6.97. The van der Waals surface area contributed by atoms with Crippen LogP contribution in [-0.4, -0.2) is 5.78 Å². The molecule has 0 aromatic heterocycles. The number of carbonyl (C=O) groups excluding carboxylic acids is 1. The molecule has 0 bridgehead atoms. The molecule has 3 nitrogen and oxygen atoms in total. The number of nitriles is 1. The van der Waals surface area contributed by atoms with Gasteiger partial charge in [-0.3, -0.25) is 4.79 Å². The SMILES string of the molecule is CC(=O)c1ccc(F)c(C#N)c1N. The van der Waals surface area contributed by atoms with E-state index in [0.717, 1.165) is 6.07 Å². The summed E-state index contributed by atoms with van der Waals surface area (Å²) in [4.78, 5) is 10.9. The Kier molecular flexibility index (Phi) is 2.29. The normalized spacial score (nSPS) is 9.31. The number of Topliss-reactive ketones (excluding diaryl/α,β-unsaturated/α-hetero) is 1. The van der Waals surface area contributed by atoms with E-state index in [-0.39, 0.29) is 22.6 Å². The van der Waals surface area contributed by atoms with E-state index >= 15 is 0 Å². The molecule has 13 heavy (non-hydrogen) atoms. The van der Waals surface area contributed by atoms with Gasteiger partial charge >= 0.3 is 0 Å². The van der Waals surface area contributed by atoms with Crippen molar-refractivity contribution < 1.29 is 9.18 Å². The molecule has 0 atom stereocenters. The van der Waals surface area contributed by atoms with Gasteiger partial charge in [0.1, 0.15) is 17.4 Å². The molecule has 0 heterocycles. The minimum absolute atomic E-state index is 0.0880. The molecule has 66 valence electrons. The van der Waals surface area contributed by atoms with Gasteiger partial charge in [-0.1, -0.05) is 0 Å². The Labute approximate surface area is 74.6 Å². The summed E-state index contributed by atoms with van der Waals surface area (Å²) in [5.74, 6) is -0.987. The Morgan fingerprint density at radius 1 is 1.62 bits per heavy atom. The van der Waals surface area contributed by atoms with Crippen molar-refractivity contribution in [1.29, 1.82) is 5.26 Å². The van der Waals surface area contributed by atoms with Gasteiger partial charge in [-0.15, -0.1) is 0 Å². The minimum Gasteiger partial charge on any atom is -0.397 e. The molecule has 0 fully saturated rings. The topological polar surface area (TPSA) is 66.9 Å². The highest BCUT2D eigenvalue weighted by molar-refractivity contribution is 6.00. The van der Waals surface area contributed by atoms with E-state index in [1.165, 1.54) is 13.0 Å². The van der Waals surface area contributed by atoms with Crippen LogP contribution in [-0.2, 0) is 0 Å². The predicted molar refractivity (Wildman–Crippen MR) is 45.5 cm³/mol. The molecular formula is C9H7FN2O. The average Bonchev–Trinajstić information content (AvgIpc) is 2.04. The number of hydrogen-bond acceptors (Lipinski definition) is 3. The molecule has 0 aliphatic carbocycles. The summed E-state index contributed by atoms with van der Waals surface area (Å²) < 4.78 is 12.9. The zero-order chi connectivity index (χ0) is 10.0. The number of nitrogen functional groups attached to an aromatic ring is 1. The van der Waals surface area contributed by atoms with E-state index in [9.17, 15) is 9.18 Å². The average molecular weight is 178 g/mol. The Morgan fingerprint density at radius 3 is 2.69 bits per heavy atom. The van der Waals surface area contributed by atoms with E-state index in [1.807, 2.05) is 0 Å². The van der Waals surface area contributed by atoms with Crippen LogP contribution in [0.15, 0.2) is 12.1 Å².